The molecule has 0 heterocycles. The van der Waals surface area contributed by atoms with Crippen LogP contribution in [0, 0.1) is 28.6 Å². The molecule has 0 spiro atoms. The van der Waals surface area contributed by atoms with Crippen LogP contribution in [-0.4, -0.2) is 11.6 Å². The summed E-state index contributed by atoms with van der Waals surface area (Å²) in [6.45, 7) is 8.79. The molecule has 0 saturated heterocycles. The molecule has 0 unspecified atom stereocenters. The number of hydrogen-bond donors (Lipinski definition) is 0. The van der Waals surface area contributed by atoms with Crippen molar-refractivity contribution in [3.05, 3.63) is 23.8 Å². The molecule has 22 heavy (non-hydrogen) atoms. The zero-order valence-electron chi connectivity index (χ0n) is 13.8. The maximum atomic E-state index is 12.3. The van der Waals surface area contributed by atoms with Crippen LogP contribution in [0.4, 0.5) is 0 Å². The maximum absolute atomic E-state index is 12.3. The monoisotopic (exact) mass is 298 g/mol. The molecule has 2 heteroatoms. The number of hydrogen-bond acceptors (Lipinski definition) is 2. The first-order valence-electron chi connectivity index (χ1n) is 8.83. The molecule has 0 radical (unpaired) electrons. The van der Waals surface area contributed by atoms with E-state index in [1.807, 2.05) is 6.08 Å². The molecule has 4 aliphatic carbocycles. The molecular formula is C20H26O2. The number of ketones is 2. The van der Waals surface area contributed by atoms with Gasteiger partial charge < -0.3 is 0 Å². The topological polar surface area (TPSA) is 34.1 Å². The summed E-state index contributed by atoms with van der Waals surface area (Å²) in [6.07, 6.45) is 8.87. The first-order chi connectivity index (χ1) is 10.4. The average Bonchev–Trinajstić information content (AvgIpc) is 2.72. The van der Waals surface area contributed by atoms with Crippen molar-refractivity contribution < 1.29 is 9.59 Å². The molecule has 0 N–H and O–H groups in total. The van der Waals surface area contributed by atoms with Crippen LogP contribution in [0.2, 0.25) is 0 Å². The summed E-state index contributed by atoms with van der Waals surface area (Å²) in [6, 6.07) is 0. The second-order valence-electron chi connectivity index (χ2n) is 8.53. The van der Waals surface area contributed by atoms with Crippen LogP contribution < -0.4 is 0 Å². The lowest BCUT2D eigenvalue weighted by Gasteiger charge is -2.57. The molecule has 0 bridgehead atoms. The minimum atomic E-state index is 0.0420. The Labute approximate surface area is 133 Å². The van der Waals surface area contributed by atoms with Gasteiger partial charge in [0.15, 0.2) is 11.6 Å². The number of rotatable bonds is 0. The number of allylic oxidation sites excluding steroid dienone is 2. The van der Waals surface area contributed by atoms with Crippen LogP contribution in [0.1, 0.15) is 58.8 Å². The van der Waals surface area contributed by atoms with E-state index in [-0.39, 0.29) is 10.8 Å². The van der Waals surface area contributed by atoms with Gasteiger partial charge in [0.25, 0.3) is 0 Å². The Balaban J connectivity index is 1.72. The largest absolute Gasteiger partial charge is 0.295 e. The first-order valence-corrected chi connectivity index (χ1v) is 8.83. The zero-order chi connectivity index (χ0) is 15.7. The molecule has 118 valence electrons. The van der Waals surface area contributed by atoms with Crippen molar-refractivity contribution in [1.82, 2.24) is 0 Å². The zero-order valence-corrected chi connectivity index (χ0v) is 13.8. The Morgan fingerprint density at radius 1 is 1.05 bits per heavy atom. The molecule has 0 aromatic heterocycles. The van der Waals surface area contributed by atoms with E-state index in [0.29, 0.717) is 42.2 Å². The van der Waals surface area contributed by atoms with Crippen molar-refractivity contribution in [2.75, 3.05) is 0 Å². The highest BCUT2D eigenvalue weighted by Crippen LogP contribution is 2.65. The second-order valence-corrected chi connectivity index (χ2v) is 8.53. The summed E-state index contributed by atoms with van der Waals surface area (Å²) in [5.74, 6) is 2.39. The predicted octanol–water partition coefficient (Wildman–Crippen LogP) is 4.25. The lowest BCUT2D eigenvalue weighted by atomic mass is 9.47. The van der Waals surface area contributed by atoms with Crippen LogP contribution >= 0.6 is 0 Å². The maximum Gasteiger partial charge on any atom is 0.159 e. The Hall–Kier alpha value is -1.18. The first kappa shape index (κ1) is 14.4. The van der Waals surface area contributed by atoms with Gasteiger partial charge in [-0.1, -0.05) is 26.0 Å². The molecule has 3 fully saturated rings. The van der Waals surface area contributed by atoms with Crippen LogP contribution in [0.25, 0.3) is 0 Å². The molecule has 3 saturated carbocycles. The average molecular weight is 298 g/mol. The summed E-state index contributed by atoms with van der Waals surface area (Å²) in [4.78, 5) is 24.1. The minimum absolute atomic E-state index is 0.0420. The summed E-state index contributed by atoms with van der Waals surface area (Å²) >= 11 is 0. The number of carbonyl (C=O) groups excluding carboxylic acids is 2. The van der Waals surface area contributed by atoms with E-state index in [1.165, 1.54) is 12.0 Å². The highest BCUT2D eigenvalue weighted by Gasteiger charge is 2.59. The summed E-state index contributed by atoms with van der Waals surface area (Å²) in [7, 11) is 0. The smallest absolute Gasteiger partial charge is 0.159 e. The Morgan fingerprint density at radius 2 is 1.82 bits per heavy atom. The summed E-state index contributed by atoms with van der Waals surface area (Å²) in [5, 5.41) is 0. The molecule has 0 amide bonds. The molecule has 0 aromatic carbocycles. The van der Waals surface area contributed by atoms with E-state index in [4.69, 9.17) is 0 Å². The fourth-order valence-corrected chi connectivity index (χ4v) is 6.27. The molecular weight excluding hydrogens is 272 g/mol. The third-order valence-corrected chi connectivity index (χ3v) is 7.78. The predicted molar refractivity (Wildman–Crippen MR) is 86.2 cm³/mol. The fourth-order valence-electron chi connectivity index (χ4n) is 6.27. The summed E-state index contributed by atoms with van der Waals surface area (Å²) in [5.41, 5.74) is 2.53. The Bertz CT molecular complexity index is 613. The number of Topliss-reactive ketones (excluding diaryl/α,β-unsaturated/α-hetero) is 1. The number of carbonyl (C=O) groups is 2. The highest BCUT2D eigenvalue weighted by molar-refractivity contribution is 5.99. The van der Waals surface area contributed by atoms with Crippen molar-refractivity contribution in [2.45, 2.75) is 58.8 Å². The van der Waals surface area contributed by atoms with Gasteiger partial charge in [-0.25, -0.2) is 0 Å². The standard InChI is InChI=1S/C20H26O2/c1-12-18(22)11-17-15-5-4-13-10-14(21)6-8-20(13,3)16(15)7-9-19(12,17)2/h10,15-17H,1,4-9,11H2,2-3H3/t15-,16+,17+,19-,20+/m1/s1. The van der Waals surface area contributed by atoms with Gasteiger partial charge in [-0.3, -0.25) is 9.59 Å². The molecule has 4 rings (SSSR count). The Kier molecular flexibility index (Phi) is 2.90. The lowest BCUT2D eigenvalue weighted by molar-refractivity contribution is -0.117. The molecule has 0 aliphatic heterocycles. The van der Waals surface area contributed by atoms with Crippen LogP contribution in [-0.2, 0) is 9.59 Å². The van der Waals surface area contributed by atoms with Crippen LogP contribution in [0.3, 0.4) is 0 Å². The van der Waals surface area contributed by atoms with Gasteiger partial charge in [0.2, 0.25) is 0 Å². The van der Waals surface area contributed by atoms with Crippen molar-refractivity contribution >= 4 is 11.6 Å². The van der Waals surface area contributed by atoms with Crippen molar-refractivity contribution in [3.8, 4) is 0 Å². The second kappa shape index (κ2) is 4.43. The van der Waals surface area contributed by atoms with E-state index in [9.17, 15) is 9.59 Å². The van der Waals surface area contributed by atoms with Gasteiger partial charge in [0.05, 0.1) is 0 Å². The molecule has 5 atom stereocenters. The van der Waals surface area contributed by atoms with Gasteiger partial charge in [0, 0.05) is 12.8 Å². The van der Waals surface area contributed by atoms with Gasteiger partial charge in [-0.05, 0) is 72.3 Å². The van der Waals surface area contributed by atoms with Crippen LogP contribution in [0.5, 0.6) is 0 Å². The summed E-state index contributed by atoms with van der Waals surface area (Å²) < 4.78 is 0. The van der Waals surface area contributed by atoms with Crippen molar-refractivity contribution in [3.63, 3.8) is 0 Å². The lowest BCUT2D eigenvalue weighted by Crippen LogP contribution is -2.49. The van der Waals surface area contributed by atoms with Gasteiger partial charge in [0.1, 0.15) is 0 Å². The van der Waals surface area contributed by atoms with E-state index >= 15 is 0 Å². The van der Waals surface area contributed by atoms with Crippen LogP contribution in [0.15, 0.2) is 23.8 Å². The van der Waals surface area contributed by atoms with E-state index < -0.39 is 0 Å². The normalized spacial score (nSPS) is 47.6. The minimum Gasteiger partial charge on any atom is -0.295 e. The Morgan fingerprint density at radius 3 is 2.59 bits per heavy atom. The van der Waals surface area contributed by atoms with Crippen molar-refractivity contribution in [2.24, 2.45) is 28.6 Å². The number of fused-ring (bicyclic) bond motifs is 5. The molecule has 4 aliphatic rings. The molecule has 0 aromatic rings. The van der Waals surface area contributed by atoms with Gasteiger partial charge >= 0.3 is 0 Å². The van der Waals surface area contributed by atoms with E-state index in [1.54, 1.807) is 0 Å². The van der Waals surface area contributed by atoms with Gasteiger partial charge in [-0.2, -0.15) is 0 Å². The third kappa shape index (κ3) is 1.67. The van der Waals surface area contributed by atoms with E-state index in [2.05, 4.69) is 20.4 Å². The quantitative estimate of drug-likeness (QED) is 0.626. The SMILES string of the molecule is C=C1C(=O)C[C@H]2[C@@H]3CCC4=CC(=O)CC[C@]4(C)[C@H]3CC[C@]12C. The van der Waals surface area contributed by atoms with Gasteiger partial charge in [-0.15, -0.1) is 0 Å². The van der Waals surface area contributed by atoms with Crippen molar-refractivity contribution in [1.29, 1.82) is 0 Å². The van der Waals surface area contributed by atoms with E-state index in [0.717, 1.165) is 31.3 Å². The highest BCUT2D eigenvalue weighted by atomic mass is 16.1. The molecule has 2 nitrogen and oxygen atoms in total. The third-order valence-electron chi connectivity index (χ3n) is 7.78. The fraction of sp³-hybridized carbons (Fsp3) is 0.700.